The van der Waals surface area contributed by atoms with Gasteiger partial charge in [0.05, 0.1) is 23.1 Å². The minimum Gasteiger partial charge on any atom is -0.462 e. The molecule has 37 heavy (non-hydrogen) atoms. The summed E-state index contributed by atoms with van der Waals surface area (Å²) < 4.78 is 10.5. The quantitative estimate of drug-likeness (QED) is 0.184. The van der Waals surface area contributed by atoms with Gasteiger partial charge in [0.2, 0.25) is 5.91 Å². The first-order chi connectivity index (χ1) is 17.7. The molecule has 7 heteroatoms. The number of rotatable bonds is 16. The first kappa shape index (κ1) is 30.6. The fourth-order valence-electron chi connectivity index (χ4n) is 4.32. The Hall–Kier alpha value is -2.67. The third kappa shape index (κ3) is 9.62. The maximum Gasteiger partial charge on any atom is 0.338 e. The van der Waals surface area contributed by atoms with Crippen molar-refractivity contribution in [3.05, 3.63) is 47.5 Å². The average molecular weight is 516 g/mol. The number of hydrogen-bond acceptors (Lipinski definition) is 6. The Morgan fingerprint density at radius 2 is 1.78 bits per heavy atom. The molecule has 0 aromatic heterocycles. The highest BCUT2D eigenvalue weighted by Crippen LogP contribution is 2.27. The highest BCUT2D eigenvalue weighted by atomic mass is 16.6. The number of nitrogens with zero attached hydrogens (tertiary/aromatic N) is 1. The van der Waals surface area contributed by atoms with Crippen LogP contribution in [0.15, 0.2) is 36.4 Å². The first-order valence-electron chi connectivity index (χ1n) is 13.8. The van der Waals surface area contributed by atoms with E-state index in [2.05, 4.69) is 6.92 Å². The van der Waals surface area contributed by atoms with Crippen molar-refractivity contribution >= 4 is 17.8 Å². The Labute approximate surface area is 222 Å². The summed E-state index contributed by atoms with van der Waals surface area (Å²) in [4.78, 5) is 38.8. The number of hydrogen-bond donors (Lipinski definition) is 1. The summed E-state index contributed by atoms with van der Waals surface area (Å²) in [5, 5.41) is 10.2. The van der Waals surface area contributed by atoms with Crippen LogP contribution in [0.25, 0.3) is 0 Å². The van der Waals surface area contributed by atoms with Crippen LogP contribution in [0.3, 0.4) is 0 Å². The second-order valence-electron chi connectivity index (χ2n) is 10.1. The van der Waals surface area contributed by atoms with Crippen molar-refractivity contribution in [3.8, 4) is 0 Å². The predicted molar refractivity (Wildman–Crippen MR) is 144 cm³/mol. The Morgan fingerprint density at radius 1 is 1.11 bits per heavy atom. The molecule has 1 N–H and O–H groups in total. The standard InChI is InChI=1S/C30H45NO6/c1-5-8-9-10-26(32)17-15-25-16-18-27(33)31(25)20-19-23-11-13-24(14-12-23)28(34)36-21-22-37-29(35)30(4,6-2)7-3/h11-15,17,25-26,32H,5-10,16,18-22H2,1-4H3/t25-,26-/m0/s1. The lowest BCUT2D eigenvalue weighted by atomic mass is 9.85. The van der Waals surface area contributed by atoms with E-state index in [0.717, 1.165) is 37.7 Å². The number of amides is 1. The monoisotopic (exact) mass is 515 g/mol. The zero-order valence-electron chi connectivity index (χ0n) is 23.0. The topological polar surface area (TPSA) is 93.1 Å². The SMILES string of the molecule is CCCCC[C@H](O)C=C[C@H]1CCC(=O)N1CCc1ccc(C(=O)OCCOC(=O)C(C)(CC)CC)cc1. The van der Waals surface area contributed by atoms with Crippen LogP contribution in [0.1, 0.15) is 95.0 Å². The molecular weight excluding hydrogens is 470 g/mol. The van der Waals surface area contributed by atoms with Gasteiger partial charge in [0.25, 0.3) is 0 Å². The molecule has 1 saturated heterocycles. The van der Waals surface area contributed by atoms with E-state index >= 15 is 0 Å². The van der Waals surface area contributed by atoms with E-state index in [0.29, 0.717) is 37.8 Å². The van der Waals surface area contributed by atoms with Gasteiger partial charge in [0.1, 0.15) is 13.2 Å². The van der Waals surface area contributed by atoms with Gasteiger partial charge in [-0.05, 0) is 56.7 Å². The summed E-state index contributed by atoms with van der Waals surface area (Å²) in [6, 6.07) is 7.18. The van der Waals surface area contributed by atoms with Crippen LogP contribution in [-0.4, -0.2) is 59.8 Å². The molecule has 0 radical (unpaired) electrons. The largest absolute Gasteiger partial charge is 0.462 e. The molecule has 1 aliphatic heterocycles. The number of likely N-dealkylation sites (tertiary alicyclic amines) is 1. The number of unbranched alkanes of at least 4 members (excludes halogenated alkanes) is 2. The predicted octanol–water partition coefficient (Wildman–Crippen LogP) is 5.24. The third-order valence-electron chi connectivity index (χ3n) is 7.47. The van der Waals surface area contributed by atoms with E-state index in [1.54, 1.807) is 12.1 Å². The van der Waals surface area contributed by atoms with Crippen molar-refractivity contribution in [2.45, 2.75) is 97.6 Å². The van der Waals surface area contributed by atoms with Crippen LogP contribution in [0.4, 0.5) is 0 Å². The number of ether oxygens (including phenoxy) is 2. The number of aliphatic hydroxyl groups excluding tert-OH is 1. The molecule has 1 aromatic carbocycles. The van der Waals surface area contributed by atoms with E-state index in [1.165, 1.54) is 0 Å². The van der Waals surface area contributed by atoms with Crippen molar-refractivity contribution < 1.29 is 29.0 Å². The molecule has 0 aliphatic carbocycles. The molecule has 1 heterocycles. The van der Waals surface area contributed by atoms with E-state index in [-0.39, 0.29) is 31.1 Å². The molecule has 1 aromatic rings. The molecule has 7 nitrogen and oxygen atoms in total. The first-order valence-corrected chi connectivity index (χ1v) is 13.8. The minimum atomic E-state index is -0.509. The number of carbonyl (C=O) groups excluding carboxylic acids is 3. The molecular formula is C30H45NO6. The molecule has 2 atom stereocenters. The molecule has 0 spiro atoms. The van der Waals surface area contributed by atoms with Gasteiger partial charge in [-0.25, -0.2) is 4.79 Å². The Balaban J connectivity index is 1.78. The normalized spacial score (nSPS) is 16.8. The van der Waals surface area contributed by atoms with Crippen LogP contribution in [0, 0.1) is 5.41 Å². The Bertz CT molecular complexity index is 890. The molecule has 0 bridgehead atoms. The smallest absolute Gasteiger partial charge is 0.338 e. The van der Waals surface area contributed by atoms with Gasteiger partial charge < -0.3 is 19.5 Å². The van der Waals surface area contributed by atoms with E-state index in [1.807, 2.05) is 50.0 Å². The van der Waals surface area contributed by atoms with Crippen molar-refractivity contribution in [2.24, 2.45) is 5.41 Å². The molecule has 2 rings (SSSR count). The zero-order valence-corrected chi connectivity index (χ0v) is 23.0. The van der Waals surface area contributed by atoms with Crippen LogP contribution < -0.4 is 0 Å². The van der Waals surface area contributed by atoms with Gasteiger partial charge >= 0.3 is 11.9 Å². The highest BCUT2D eigenvalue weighted by molar-refractivity contribution is 5.89. The van der Waals surface area contributed by atoms with Gasteiger partial charge in [-0.3, -0.25) is 9.59 Å². The number of aliphatic hydroxyl groups is 1. The molecule has 1 amide bonds. The van der Waals surface area contributed by atoms with E-state index in [9.17, 15) is 19.5 Å². The minimum absolute atomic E-state index is 0.00904. The summed E-state index contributed by atoms with van der Waals surface area (Å²) in [7, 11) is 0. The van der Waals surface area contributed by atoms with E-state index < -0.39 is 17.5 Å². The Kier molecular flexibility index (Phi) is 12.8. The third-order valence-corrected chi connectivity index (χ3v) is 7.47. The fourth-order valence-corrected chi connectivity index (χ4v) is 4.32. The maximum atomic E-state index is 12.4. The number of benzene rings is 1. The Morgan fingerprint density at radius 3 is 2.43 bits per heavy atom. The summed E-state index contributed by atoms with van der Waals surface area (Å²) in [6.07, 6.45) is 10.7. The van der Waals surface area contributed by atoms with Gasteiger partial charge in [-0.15, -0.1) is 0 Å². The van der Waals surface area contributed by atoms with Crippen LogP contribution >= 0.6 is 0 Å². The molecule has 206 valence electrons. The number of esters is 2. The molecule has 0 saturated carbocycles. The van der Waals surface area contributed by atoms with Gasteiger partial charge in [-0.2, -0.15) is 0 Å². The average Bonchev–Trinajstić information content (AvgIpc) is 3.27. The summed E-state index contributed by atoms with van der Waals surface area (Å²) in [5.41, 5.74) is 0.939. The maximum absolute atomic E-state index is 12.4. The van der Waals surface area contributed by atoms with Crippen molar-refractivity contribution in [1.29, 1.82) is 0 Å². The van der Waals surface area contributed by atoms with Crippen molar-refractivity contribution in [3.63, 3.8) is 0 Å². The molecule has 1 fully saturated rings. The van der Waals surface area contributed by atoms with Gasteiger partial charge in [0.15, 0.2) is 0 Å². The van der Waals surface area contributed by atoms with Crippen LogP contribution in [-0.2, 0) is 25.5 Å². The van der Waals surface area contributed by atoms with Crippen molar-refractivity contribution in [1.82, 2.24) is 4.90 Å². The number of carbonyl (C=O) groups is 3. The van der Waals surface area contributed by atoms with Gasteiger partial charge in [0, 0.05) is 13.0 Å². The highest BCUT2D eigenvalue weighted by Gasteiger charge is 2.31. The zero-order chi connectivity index (χ0) is 27.3. The molecule has 1 aliphatic rings. The summed E-state index contributed by atoms with van der Waals surface area (Å²) in [6.45, 7) is 8.55. The van der Waals surface area contributed by atoms with Crippen molar-refractivity contribution in [2.75, 3.05) is 19.8 Å². The summed E-state index contributed by atoms with van der Waals surface area (Å²) in [5.74, 6) is -0.599. The fraction of sp³-hybridized carbons (Fsp3) is 0.633. The lowest BCUT2D eigenvalue weighted by Gasteiger charge is -2.23. The lowest BCUT2D eigenvalue weighted by Crippen LogP contribution is -2.33. The summed E-state index contributed by atoms with van der Waals surface area (Å²) >= 11 is 0. The van der Waals surface area contributed by atoms with Gasteiger partial charge in [-0.1, -0.05) is 64.3 Å². The van der Waals surface area contributed by atoms with Crippen LogP contribution in [0.2, 0.25) is 0 Å². The van der Waals surface area contributed by atoms with E-state index in [4.69, 9.17) is 9.47 Å². The second-order valence-corrected chi connectivity index (χ2v) is 10.1. The molecule has 0 unspecified atom stereocenters. The second kappa shape index (κ2) is 15.6. The van der Waals surface area contributed by atoms with Crippen LogP contribution in [0.5, 0.6) is 0 Å². The lowest BCUT2D eigenvalue weighted by molar-refractivity contribution is -0.156.